The lowest BCUT2D eigenvalue weighted by atomic mass is 10.2. The molecule has 0 fully saturated rings. The van der Waals surface area contributed by atoms with Crippen LogP contribution >= 0.6 is 0 Å². The van der Waals surface area contributed by atoms with Crippen LogP contribution in [0.5, 0.6) is 23.0 Å². The third kappa shape index (κ3) is 4.50. The van der Waals surface area contributed by atoms with Crippen molar-refractivity contribution in [3.8, 4) is 23.0 Å². The first-order valence-corrected chi connectivity index (χ1v) is 8.53. The topological polar surface area (TPSA) is 96.8 Å². The largest absolute Gasteiger partial charge is 0.462 e. The highest BCUT2D eigenvalue weighted by molar-refractivity contribution is 5.89. The van der Waals surface area contributed by atoms with E-state index in [1.807, 2.05) is 0 Å². The van der Waals surface area contributed by atoms with Crippen molar-refractivity contribution in [1.82, 2.24) is 0 Å². The van der Waals surface area contributed by atoms with Gasteiger partial charge in [-0.15, -0.1) is 0 Å². The van der Waals surface area contributed by atoms with Gasteiger partial charge in [-0.25, -0.2) is 9.18 Å². The molecule has 0 heterocycles. The fourth-order valence-electron chi connectivity index (χ4n) is 2.40. The Morgan fingerprint density at radius 3 is 2.14 bits per heavy atom. The van der Waals surface area contributed by atoms with Crippen LogP contribution in [-0.4, -0.2) is 12.6 Å². The molecule has 0 atom stereocenters. The van der Waals surface area contributed by atoms with Crippen molar-refractivity contribution < 1.29 is 23.4 Å². The van der Waals surface area contributed by atoms with E-state index >= 15 is 0 Å². The molecule has 0 bridgehead atoms. The second kappa shape index (κ2) is 8.30. The Morgan fingerprint density at radius 2 is 1.50 bits per heavy atom. The van der Waals surface area contributed by atoms with Crippen LogP contribution in [0.4, 0.5) is 15.8 Å². The molecule has 3 aromatic rings. The van der Waals surface area contributed by atoms with Gasteiger partial charge >= 0.3 is 5.97 Å². The first-order valence-electron chi connectivity index (χ1n) is 8.53. The van der Waals surface area contributed by atoms with Crippen LogP contribution in [0, 0.1) is 5.82 Å². The van der Waals surface area contributed by atoms with Crippen molar-refractivity contribution >= 4 is 17.3 Å². The monoisotopic (exact) mass is 382 g/mol. The summed E-state index contributed by atoms with van der Waals surface area (Å²) in [4.78, 5) is 11.7. The molecule has 0 aromatic heterocycles. The number of anilines is 2. The smallest absolute Gasteiger partial charge is 0.338 e. The number of hydrogen-bond acceptors (Lipinski definition) is 6. The van der Waals surface area contributed by atoms with Gasteiger partial charge < -0.3 is 25.7 Å². The molecule has 144 valence electrons. The first-order chi connectivity index (χ1) is 13.5. The molecule has 0 spiro atoms. The normalized spacial score (nSPS) is 10.4. The molecule has 6 nitrogen and oxygen atoms in total. The lowest BCUT2D eigenvalue weighted by Gasteiger charge is -2.14. The summed E-state index contributed by atoms with van der Waals surface area (Å²) in [5.41, 5.74) is 12.9. The highest BCUT2D eigenvalue weighted by Crippen LogP contribution is 2.37. The Bertz CT molecular complexity index is 973. The van der Waals surface area contributed by atoms with Crippen LogP contribution in [-0.2, 0) is 4.74 Å². The van der Waals surface area contributed by atoms with E-state index in [2.05, 4.69) is 0 Å². The molecular weight excluding hydrogens is 363 g/mol. The lowest BCUT2D eigenvalue weighted by Crippen LogP contribution is -2.04. The van der Waals surface area contributed by atoms with Gasteiger partial charge in [0.15, 0.2) is 5.75 Å². The van der Waals surface area contributed by atoms with Crippen LogP contribution in [0.3, 0.4) is 0 Å². The summed E-state index contributed by atoms with van der Waals surface area (Å²) in [6.07, 6.45) is 0. The molecule has 0 aliphatic rings. The molecule has 0 aliphatic heterocycles. The second-order valence-corrected chi connectivity index (χ2v) is 5.83. The maximum absolute atomic E-state index is 13.0. The number of hydrogen-bond donors (Lipinski definition) is 2. The first kappa shape index (κ1) is 19.0. The molecule has 0 radical (unpaired) electrons. The van der Waals surface area contributed by atoms with E-state index in [-0.39, 0.29) is 17.2 Å². The van der Waals surface area contributed by atoms with Gasteiger partial charge in [-0.2, -0.15) is 0 Å². The number of esters is 1. The zero-order chi connectivity index (χ0) is 20.1. The summed E-state index contributed by atoms with van der Waals surface area (Å²) in [7, 11) is 0. The van der Waals surface area contributed by atoms with Crippen molar-refractivity contribution in [2.75, 3.05) is 18.1 Å². The number of rotatable bonds is 6. The molecule has 3 aromatic carbocycles. The fraction of sp³-hybridized carbons (Fsp3) is 0.0952. The minimum Gasteiger partial charge on any atom is -0.462 e. The molecule has 0 aliphatic carbocycles. The van der Waals surface area contributed by atoms with E-state index in [0.29, 0.717) is 35.2 Å². The van der Waals surface area contributed by atoms with Crippen molar-refractivity contribution in [2.45, 2.75) is 6.92 Å². The predicted molar refractivity (Wildman–Crippen MR) is 104 cm³/mol. The zero-order valence-electron chi connectivity index (χ0n) is 15.1. The Labute approximate surface area is 161 Å². The Morgan fingerprint density at radius 1 is 0.893 bits per heavy atom. The summed E-state index contributed by atoms with van der Waals surface area (Å²) in [5.74, 6) is 0.804. The van der Waals surface area contributed by atoms with Gasteiger partial charge in [-0.05, 0) is 55.5 Å². The number of nitrogens with two attached hydrogens (primary N) is 2. The van der Waals surface area contributed by atoms with Crippen molar-refractivity contribution in [2.24, 2.45) is 0 Å². The number of nitrogen functional groups attached to an aromatic ring is 2. The fourth-order valence-corrected chi connectivity index (χ4v) is 2.40. The highest BCUT2D eigenvalue weighted by Gasteiger charge is 2.12. The zero-order valence-corrected chi connectivity index (χ0v) is 15.1. The van der Waals surface area contributed by atoms with E-state index in [4.69, 9.17) is 25.7 Å². The minimum absolute atomic E-state index is 0.251. The maximum Gasteiger partial charge on any atom is 0.338 e. The summed E-state index contributed by atoms with van der Waals surface area (Å²) in [6, 6.07) is 15.1. The minimum atomic E-state index is -0.410. The van der Waals surface area contributed by atoms with Crippen LogP contribution in [0.25, 0.3) is 0 Å². The van der Waals surface area contributed by atoms with Gasteiger partial charge in [0.1, 0.15) is 23.1 Å². The summed E-state index contributed by atoms with van der Waals surface area (Å²) in [5, 5.41) is 0. The van der Waals surface area contributed by atoms with Crippen molar-refractivity contribution in [3.05, 3.63) is 72.0 Å². The van der Waals surface area contributed by atoms with Crippen molar-refractivity contribution in [3.63, 3.8) is 0 Å². The van der Waals surface area contributed by atoms with Crippen LogP contribution < -0.4 is 20.9 Å². The lowest BCUT2D eigenvalue weighted by molar-refractivity contribution is 0.0526. The number of ether oxygens (including phenoxy) is 3. The SMILES string of the molecule is CCOC(=O)c1ccc(Oc2cc(Oc3ccc(F)cc3)cc(N)c2N)cc1. The average Bonchev–Trinajstić information content (AvgIpc) is 2.68. The summed E-state index contributed by atoms with van der Waals surface area (Å²) in [6.45, 7) is 2.04. The van der Waals surface area contributed by atoms with Crippen molar-refractivity contribution in [1.29, 1.82) is 0 Å². The maximum atomic E-state index is 13.0. The van der Waals surface area contributed by atoms with Gasteiger partial charge in [0.25, 0.3) is 0 Å². The Balaban J connectivity index is 1.80. The number of benzene rings is 3. The molecule has 0 saturated heterocycles. The Hall–Kier alpha value is -3.74. The van der Waals surface area contributed by atoms with Gasteiger partial charge in [0, 0.05) is 12.1 Å². The molecule has 0 unspecified atom stereocenters. The summed E-state index contributed by atoms with van der Waals surface area (Å²) >= 11 is 0. The van der Waals surface area contributed by atoms with E-state index in [1.54, 1.807) is 43.3 Å². The molecule has 0 saturated carbocycles. The van der Waals surface area contributed by atoms with Crippen LogP contribution in [0.2, 0.25) is 0 Å². The number of halogens is 1. The molecule has 3 rings (SSSR count). The van der Waals surface area contributed by atoms with Crippen LogP contribution in [0.15, 0.2) is 60.7 Å². The summed E-state index contributed by atoms with van der Waals surface area (Å²) < 4.78 is 29.4. The third-order valence-electron chi connectivity index (χ3n) is 3.79. The highest BCUT2D eigenvalue weighted by atomic mass is 19.1. The predicted octanol–water partition coefficient (Wildman–Crippen LogP) is 4.75. The van der Waals surface area contributed by atoms with E-state index in [0.717, 1.165) is 0 Å². The van der Waals surface area contributed by atoms with E-state index < -0.39 is 5.97 Å². The van der Waals surface area contributed by atoms with Gasteiger partial charge in [0.2, 0.25) is 0 Å². The molecule has 0 amide bonds. The van der Waals surface area contributed by atoms with E-state index in [9.17, 15) is 9.18 Å². The second-order valence-electron chi connectivity index (χ2n) is 5.83. The Kier molecular flexibility index (Phi) is 5.64. The molecule has 7 heteroatoms. The molecular formula is C21H19FN2O4. The quantitative estimate of drug-likeness (QED) is 0.472. The third-order valence-corrected chi connectivity index (χ3v) is 3.79. The van der Waals surface area contributed by atoms with E-state index in [1.165, 1.54) is 24.3 Å². The standard InChI is InChI=1S/C21H19FN2O4/c1-2-26-21(25)13-3-7-16(8-4-13)28-19-12-17(11-18(23)20(19)24)27-15-9-5-14(22)6-10-15/h3-12H,2,23-24H2,1H3. The number of carbonyl (C=O) groups excluding carboxylic acids is 1. The molecule has 28 heavy (non-hydrogen) atoms. The number of carbonyl (C=O) groups is 1. The van der Waals surface area contributed by atoms with Gasteiger partial charge in [0.05, 0.1) is 23.5 Å². The molecule has 4 N–H and O–H groups in total. The van der Waals surface area contributed by atoms with Gasteiger partial charge in [-0.3, -0.25) is 0 Å². The average molecular weight is 382 g/mol. The van der Waals surface area contributed by atoms with Crippen LogP contribution in [0.1, 0.15) is 17.3 Å². The van der Waals surface area contributed by atoms with Gasteiger partial charge in [-0.1, -0.05) is 0 Å².